The fourth-order valence-electron chi connectivity index (χ4n) is 3.83. The molecule has 4 rings (SSSR count). The van der Waals surface area contributed by atoms with Crippen LogP contribution < -0.4 is 15.5 Å². The van der Waals surface area contributed by atoms with Crippen LogP contribution in [-0.4, -0.2) is 66.0 Å². The van der Waals surface area contributed by atoms with Gasteiger partial charge in [-0.25, -0.2) is 4.98 Å². The summed E-state index contributed by atoms with van der Waals surface area (Å²) < 4.78 is 0. The molecule has 0 spiro atoms. The van der Waals surface area contributed by atoms with Gasteiger partial charge in [-0.15, -0.1) is 0 Å². The summed E-state index contributed by atoms with van der Waals surface area (Å²) in [6.45, 7) is 6.09. The van der Waals surface area contributed by atoms with E-state index in [1.54, 1.807) is 24.3 Å². The standard InChI is InChI=1S/C23H28N6O2/c1-2-24-22(31)17-7-5-8-18(15-17)25-21(30)16-28-11-6-12-29(14-13-28)23-26-19-9-3-4-10-20(19)27-23/h3-5,7-10,15H,2,6,11-14,16H2,1H3,(H,24,31)(H,25,30)(H,26,27). The Balaban J connectivity index is 1.32. The molecule has 2 aromatic carbocycles. The number of carbonyl (C=O) groups is 2. The van der Waals surface area contributed by atoms with Gasteiger partial charge in [-0.2, -0.15) is 0 Å². The van der Waals surface area contributed by atoms with E-state index in [2.05, 4.69) is 25.4 Å². The van der Waals surface area contributed by atoms with Crippen molar-refractivity contribution in [2.75, 3.05) is 49.5 Å². The molecule has 1 saturated heterocycles. The van der Waals surface area contributed by atoms with Crippen molar-refractivity contribution in [1.29, 1.82) is 0 Å². The number of nitrogens with zero attached hydrogens (tertiary/aromatic N) is 3. The van der Waals surface area contributed by atoms with E-state index in [9.17, 15) is 9.59 Å². The fraction of sp³-hybridized carbons (Fsp3) is 0.348. The highest BCUT2D eigenvalue weighted by Crippen LogP contribution is 2.18. The summed E-state index contributed by atoms with van der Waals surface area (Å²) in [5, 5.41) is 5.68. The molecule has 0 saturated carbocycles. The van der Waals surface area contributed by atoms with Gasteiger partial charge in [0.25, 0.3) is 5.91 Å². The summed E-state index contributed by atoms with van der Waals surface area (Å²) >= 11 is 0. The first kappa shape index (κ1) is 20.9. The van der Waals surface area contributed by atoms with E-state index in [1.807, 2.05) is 31.2 Å². The van der Waals surface area contributed by atoms with Gasteiger partial charge in [0.1, 0.15) is 0 Å². The Morgan fingerprint density at radius 2 is 1.94 bits per heavy atom. The third-order valence-corrected chi connectivity index (χ3v) is 5.38. The molecule has 0 bridgehead atoms. The van der Waals surface area contributed by atoms with E-state index in [0.29, 0.717) is 24.3 Å². The molecular formula is C23H28N6O2. The number of para-hydroxylation sites is 2. The van der Waals surface area contributed by atoms with E-state index in [0.717, 1.165) is 49.6 Å². The fourth-order valence-corrected chi connectivity index (χ4v) is 3.83. The van der Waals surface area contributed by atoms with Crippen molar-refractivity contribution in [2.24, 2.45) is 0 Å². The molecule has 0 unspecified atom stereocenters. The lowest BCUT2D eigenvalue weighted by Gasteiger charge is -2.21. The number of nitrogens with one attached hydrogen (secondary N) is 3. The van der Waals surface area contributed by atoms with Gasteiger partial charge in [0.15, 0.2) is 0 Å². The van der Waals surface area contributed by atoms with Gasteiger partial charge in [0.05, 0.1) is 17.6 Å². The quantitative estimate of drug-likeness (QED) is 0.570. The number of aromatic amines is 1. The minimum atomic E-state index is -0.142. The third-order valence-electron chi connectivity index (χ3n) is 5.38. The van der Waals surface area contributed by atoms with Gasteiger partial charge in [-0.1, -0.05) is 18.2 Å². The predicted octanol–water partition coefficient (Wildman–Crippen LogP) is 2.46. The number of hydrogen-bond acceptors (Lipinski definition) is 5. The van der Waals surface area contributed by atoms with Crippen LogP contribution in [-0.2, 0) is 4.79 Å². The maximum absolute atomic E-state index is 12.6. The zero-order valence-electron chi connectivity index (χ0n) is 17.7. The van der Waals surface area contributed by atoms with Crippen molar-refractivity contribution in [3.63, 3.8) is 0 Å². The maximum atomic E-state index is 12.6. The first-order valence-corrected chi connectivity index (χ1v) is 10.7. The van der Waals surface area contributed by atoms with Gasteiger partial charge in [0, 0.05) is 44.0 Å². The summed E-state index contributed by atoms with van der Waals surface area (Å²) in [5.74, 6) is 0.664. The third kappa shape index (κ3) is 5.21. The molecule has 1 aromatic heterocycles. The summed E-state index contributed by atoms with van der Waals surface area (Å²) in [7, 11) is 0. The molecule has 2 heterocycles. The number of hydrogen-bond donors (Lipinski definition) is 3. The van der Waals surface area contributed by atoms with E-state index < -0.39 is 0 Å². The first-order chi connectivity index (χ1) is 15.1. The van der Waals surface area contributed by atoms with Crippen molar-refractivity contribution in [2.45, 2.75) is 13.3 Å². The number of fused-ring (bicyclic) bond motifs is 1. The minimum absolute atomic E-state index is 0.0785. The van der Waals surface area contributed by atoms with Crippen LogP contribution in [0.5, 0.6) is 0 Å². The molecule has 0 radical (unpaired) electrons. The van der Waals surface area contributed by atoms with Crippen LogP contribution in [0, 0.1) is 0 Å². The lowest BCUT2D eigenvalue weighted by Crippen LogP contribution is -2.36. The van der Waals surface area contributed by atoms with Crippen LogP contribution in [0.15, 0.2) is 48.5 Å². The Kier molecular flexibility index (Phi) is 6.47. The van der Waals surface area contributed by atoms with Crippen LogP contribution in [0.2, 0.25) is 0 Å². The Labute approximate surface area is 181 Å². The molecule has 31 heavy (non-hydrogen) atoms. The largest absolute Gasteiger partial charge is 0.352 e. The van der Waals surface area contributed by atoms with E-state index in [4.69, 9.17) is 4.98 Å². The maximum Gasteiger partial charge on any atom is 0.251 e. The minimum Gasteiger partial charge on any atom is -0.352 e. The topological polar surface area (TPSA) is 93.4 Å². The van der Waals surface area contributed by atoms with Gasteiger partial charge in [0.2, 0.25) is 11.9 Å². The van der Waals surface area contributed by atoms with Crippen LogP contribution in [0.4, 0.5) is 11.6 Å². The van der Waals surface area contributed by atoms with Crippen molar-refractivity contribution >= 4 is 34.5 Å². The molecule has 3 aromatic rings. The van der Waals surface area contributed by atoms with Gasteiger partial charge < -0.3 is 20.5 Å². The normalized spacial score (nSPS) is 14.9. The number of rotatable bonds is 6. The molecule has 3 N–H and O–H groups in total. The molecule has 0 atom stereocenters. The van der Waals surface area contributed by atoms with Gasteiger partial charge >= 0.3 is 0 Å². The van der Waals surface area contributed by atoms with Crippen molar-refractivity contribution in [3.05, 3.63) is 54.1 Å². The van der Waals surface area contributed by atoms with E-state index in [-0.39, 0.29) is 11.8 Å². The van der Waals surface area contributed by atoms with Crippen molar-refractivity contribution in [1.82, 2.24) is 20.2 Å². The highest BCUT2D eigenvalue weighted by Gasteiger charge is 2.19. The summed E-state index contributed by atoms with van der Waals surface area (Å²) in [6.07, 6.45) is 0.955. The molecule has 1 aliphatic heterocycles. The molecule has 1 aliphatic rings. The molecule has 1 fully saturated rings. The van der Waals surface area contributed by atoms with Crippen molar-refractivity contribution in [3.8, 4) is 0 Å². The number of amides is 2. The number of anilines is 2. The molecule has 2 amide bonds. The highest BCUT2D eigenvalue weighted by molar-refractivity contribution is 5.97. The Hall–Kier alpha value is -3.39. The predicted molar refractivity (Wildman–Crippen MR) is 122 cm³/mol. The van der Waals surface area contributed by atoms with Gasteiger partial charge in [-0.3, -0.25) is 14.5 Å². The molecule has 8 nitrogen and oxygen atoms in total. The van der Waals surface area contributed by atoms with E-state index >= 15 is 0 Å². The summed E-state index contributed by atoms with van der Waals surface area (Å²) in [5.41, 5.74) is 3.17. The number of aromatic nitrogens is 2. The van der Waals surface area contributed by atoms with Crippen LogP contribution in [0.3, 0.4) is 0 Å². The Morgan fingerprint density at radius 3 is 2.77 bits per heavy atom. The summed E-state index contributed by atoms with van der Waals surface area (Å²) in [6, 6.07) is 15.0. The van der Waals surface area contributed by atoms with Crippen LogP contribution in [0.25, 0.3) is 11.0 Å². The Bertz CT molecular complexity index is 1030. The Morgan fingerprint density at radius 1 is 1.06 bits per heavy atom. The summed E-state index contributed by atoms with van der Waals surface area (Å²) in [4.78, 5) is 37.1. The van der Waals surface area contributed by atoms with Crippen molar-refractivity contribution < 1.29 is 9.59 Å². The average Bonchev–Trinajstić information content (AvgIpc) is 3.07. The molecular weight excluding hydrogens is 392 g/mol. The smallest absolute Gasteiger partial charge is 0.251 e. The van der Waals surface area contributed by atoms with Crippen LogP contribution >= 0.6 is 0 Å². The second kappa shape index (κ2) is 9.61. The molecule has 162 valence electrons. The zero-order chi connectivity index (χ0) is 21.6. The number of H-pyrrole nitrogens is 1. The highest BCUT2D eigenvalue weighted by atomic mass is 16.2. The van der Waals surface area contributed by atoms with Gasteiger partial charge in [-0.05, 0) is 43.7 Å². The molecule has 8 heteroatoms. The number of imidazole rings is 1. The second-order valence-corrected chi connectivity index (χ2v) is 7.68. The zero-order valence-corrected chi connectivity index (χ0v) is 17.7. The number of carbonyl (C=O) groups excluding carboxylic acids is 2. The lowest BCUT2D eigenvalue weighted by molar-refractivity contribution is -0.117. The number of benzene rings is 2. The monoisotopic (exact) mass is 420 g/mol. The van der Waals surface area contributed by atoms with E-state index in [1.165, 1.54) is 0 Å². The van der Waals surface area contributed by atoms with Crippen LogP contribution in [0.1, 0.15) is 23.7 Å². The average molecular weight is 421 g/mol. The second-order valence-electron chi connectivity index (χ2n) is 7.68. The lowest BCUT2D eigenvalue weighted by atomic mass is 10.2. The first-order valence-electron chi connectivity index (χ1n) is 10.7. The SMILES string of the molecule is CCNC(=O)c1cccc(NC(=O)CN2CCCN(c3nc4ccccc4[nH]3)CC2)c1. The molecule has 0 aliphatic carbocycles.